The van der Waals surface area contributed by atoms with Gasteiger partial charge in [-0.25, -0.2) is 0 Å². The molecule has 1 aliphatic rings. The molecule has 1 fully saturated rings. The highest BCUT2D eigenvalue weighted by molar-refractivity contribution is 5.99. The zero-order valence-electron chi connectivity index (χ0n) is 9.89. The predicted octanol–water partition coefficient (Wildman–Crippen LogP) is 1.06. The molecule has 0 saturated carbocycles. The standard InChI is InChI=1S/C10H15F3N2O2/c1-4-6-7(16)15(5-10(11,12)13)9(2,3)8(17)14-6/h6H,4-5H2,1-3H3,(H,14,17). The minimum Gasteiger partial charge on any atom is -0.342 e. The first-order valence-electron chi connectivity index (χ1n) is 5.28. The van der Waals surface area contributed by atoms with Crippen LogP contribution in [0.1, 0.15) is 27.2 Å². The van der Waals surface area contributed by atoms with Crippen LogP contribution in [0.2, 0.25) is 0 Å². The summed E-state index contributed by atoms with van der Waals surface area (Å²) < 4.78 is 37.2. The number of alkyl halides is 3. The number of hydrogen-bond donors (Lipinski definition) is 1. The fourth-order valence-electron chi connectivity index (χ4n) is 1.71. The highest BCUT2D eigenvalue weighted by atomic mass is 19.4. The third kappa shape index (κ3) is 2.70. The first-order valence-corrected chi connectivity index (χ1v) is 5.28. The zero-order chi connectivity index (χ0) is 13.4. The summed E-state index contributed by atoms with van der Waals surface area (Å²) in [5.74, 6) is -1.25. The summed E-state index contributed by atoms with van der Waals surface area (Å²) in [5, 5.41) is 2.42. The van der Waals surface area contributed by atoms with Crippen molar-refractivity contribution in [2.75, 3.05) is 6.54 Å². The lowest BCUT2D eigenvalue weighted by molar-refractivity contribution is -0.181. The van der Waals surface area contributed by atoms with Crippen LogP contribution in [-0.2, 0) is 9.59 Å². The van der Waals surface area contributed by atoms with Gasteiger partial charge in [-0.15, -0.1) is 0 Å². The molecule has 17 heavy (non-hydrogen) atoms. The van der Waals surface area contributed by atoms with E-state index in [2.05, 4.69) is 5.32 Å². The van der Waals surface area contributed by atoms with Gasteiger partial charge in [0.2, 0.25) is 11.8 Å². The van der Waals surface area contributed by atoms with Gasteiger partial charge in [0, 0.05) is 0 Å². The largest absolute Gasteiger partial charge is 0.406 e. The Morgan fingerprint density at radius 1 is 1.35 bits per heavy atom. The molecule has 2 amide bonds. The molecule has 0 aromatic carbocycles. The van der Waals surface area contributed by atoms with Crippen molar-refractivity contribution in [1.29, 1.82) is 0 Å². The fraction of sp³-hybridized carbons (Fsp3) is 0.800. The number of amides is 2. The number of carbonyl (C=O) groups is 2. The maximum Gasteiger partial charge on any atom is 0.406 e. The molecule has 98 valence electrons. The van der Waals surface area contributed by atoms with E-state index in [-0.39, 0.29) is 6.42 Å². The second-order valence-corrected chi connectivity index (χ2v) is 4.53. The van der Waals surface area contributed by atoms with Gasteiger partial charge in [0.25, 0.3) is 0 Å². The van der Waals surface area contributed by atoms with E-state index in [0.29, 0.717) is 4.90 Å². The van der Waals surface area contributed by atoms with E-state index in [0.717, 1.165) is 0 Å². The van der Waals surface area contributed by atoms with Crippen LogP contribution in [0.15, 0.2) is 0 Å². The van der Waals surface area contributed by atoms with Crippen LogP contribution in [-0.4, -0.2) is 41.0 Å². The minimum absolute atomic E-state index is 0.273. The molecule has 7 heteroatoms. The van der Waals surface area contributed by atoms with Gasteiger partial charge in [-0.05, 0) is 20.3 Å². The van der Waals surface area contributed by atoms with Gasteiger partial charge in [0.1, 0.15) is 18.1 Å². The Balaban J connectivity index is 3.02. The van der Waals surface area contributed by atoms with Gasteiger partial charge >= 0.3 is 6.18 Å². The third-order valence-corrected chi connectivity index (χ3v) is 2.85. The van der Waals surface area contributed by atoms with Crippen molar-refractivity contribution in [1.82, 2.24) is 10.2 Å². The molecular weight excluding hydrogens is 237 g/mol. The Morgan fingerprint density at radius 2 is 1.88 bits per heavy atom. The van der Waals surface area contributed by atoms with Crippen LogP contribution in [0.4, 0.5) is 13.2 Å². The van der Waals surface area contributed by atoms with E-state index in [1.54, 1.807) is 6.92 Å². The van der Waals surface area contributed by atoms with Crippen molar-refractivity contribution < 1.29 is 22.8 Å². The maximum atomic E-state index is 12.4. The summed E-state index contributed by atoms with van der Waals surface area (Å²) in [6, 6.07) is -0.863. The van der Waals surface area contributed by atoms with E-state index in [9.17, 15) is 22.8 Å². The van der Waals surface area contributed by atoms with Crippen LogP contribution in [0.3, 0.4) is 0 Å². The molecule has 1 N–H and O–H groups in total. The van der Waals surface area contributed by atoms with E-state index < -0.39 is 36.1 Å². The van der Waals surface area contributed by atoms with E-state index in [1.165, 1.54) is 13.8 Å². The highest BCUT2D eigenvalue weighted by Gasteiger charge is 2.49. The highest BCUT2D eigenvalue weighted by Crippen LogP contribution is 2.27. The summed E-state index contributed by atoms with van der Waals surface area (Å²) in [7, 11) is 0. The lowest BCUT2D eigenvalue weighted by Gasteiger charge is -2.44. The second-order valence-electron chi connectivity index (χ2n) is 4.53. The van der Waals surface area contributed by atoms with Crippen molar-refractivity contribution >= 4 is 11.8 Å². The third-order valence-electron chi connectivity index (χ3n) is 2.85. The molecular formula is C10H15F3N2O2. The van der Waals surface area contributed by atoms with Gasteiger partial charge in [-0.3, -0.25) is 9.59 Å². The molecule has 0 aliphatic carbocycles. The second kappa shape index (κ2) is 4.19. The average Bonchev–Trinajstić information content (AvgIpc) is 2.17. The molecule has 0 radical (unpaired) electrons. The Morgan fingerprint density at radius 3 is 2.29 bits per heavy atom. The van der Waals surface area contributed by atoms with Crippen molar-refractivity contribution in [2.24, 2.45) is 0 Å². The first kappa shape index (κ1) is 13.8. The van der Waals surface area contributed by atoms with Crippen molar-refractivity contribution in [3.63, 3.8) is 0 Å². The molecule has 1 unspecified atom stereocenters. The van der Waals surface area contributed by atoms with Gasteiger partial charge in [0.05, 0.1) is 0 Å². The van der Waals surface area contributed by atoms with Gasteiger partial charge in [0.15, 0.2) is 0 Å². The van der Waals surface area contributed by atoms with Crippen molar-refractivity contribution in [3.8, 4) is 0 Å². The summed E-state index contributed by atoms with van der Waals surface area (Å²) in [6.07, 6.45) is -4.24. The summed E-state index contributed by atoms with van der Waals surface area (Å²) in [4.78, 5) is 24.1. The number of piperazine rings is 1. The Bertz CT molecular complexity index is 339. The Hall–Kier alpha value is -1.27. The van der Waals surface area contributed by atoms with Crippen molar-refractivity contribution in [3.05, 3.63) is 0 Å². The van der Waals surface area contributed by atoms with Crippen molar-refractivity contribution in [2.45, 2.75) is 44.9 Å². The number of halogens is 3. The average molecular weight is 252 g/mol. The molecule has 1 heterocycles. The normalized spacial score (nSPS) is 24.8. The smallest absolute Gasteiger partial charge is 0.342 e. The van der Waals surface area contributed by atoms with Crippen LogP contribution in [0.5, 0.6) is 0 Å². The van der Waals surface area contributed by atoms with Gasteiger partial charge < -0.3 is 10.2 Å². The molecule has 0 aromatic rings. The fourth-order valence-corrected chi connectivity index (χ4v) is 1.71. The number of carbonyl (C=O) groups excluding carboxylic acids is 2. The number of nitrogens with zero attached hydrogens (tertiary/aromatic N) is 1. The van der Waals surface area contributed by atoms with Crippen LogP contribution in [0.25, 0.3) is 0 Å². The molecule has 0 aromatic heterocycles. The lowest BCUT2D eigenvalue weighted by Crippen LogP contribution is -2.69. The summed E-state index contributed by atoms with van der Waals surface area (Å²) in [6.45, 7) is 2.84. The quantitative estimate of drug-likeness (QED) is 0.799. The van der Waals surface area contributed by atoms with Crippen LogP contribution in [0, 0.1) is 0 Å². The number of nitrogens with one attached hydrogen (secondary N) is 1. The summed E-state index contributed by atoms with van der Waals surface area (Å²) in [5.41, 5.74) is -1.47. The number of rotatable bonds is 2. The Kier molecular flexibility index (Phi) is 3.40. The van der Waals surface area contributed by atoms with Crippen LogP contribution >= 0.6 is 0 Å². The molecule has 0 bridgehead atoms. The monoisotopic (exact) mass is 252 g/mol. The van der Waals surface area contributed by atoms with Crippen LogP contribution < -0.4 is 5.32 Å². The zero-order valence-corrected chi connectivity index (χ0v) is 9.89. The SMILES string of the molecule is CCC1NC(=O)C(C)(C)N(CC(F)(F)F)C1=O. The van der Waals surface area contributed by atoms with Gasteiger partial charge in [-0.2, -0.15) is 13.2 Å². The maximum absolute atomic E-state index is 12.4. The van der Waals surface area contributed by atoms with E-state index in [4.69, 9.17) is 0 Å². The molecule has 1 saturated heterocycles. The molecule has 1 aliphatic heterocycles. The first-order chi connectivity index (χ1) is 7.59. The van der Waals surface area contributed by atoms with Gasteiger partial charge in [-0.1, -0.05) is 6.92 Å². The summed E-state index contributed by atoms with van der Waals surface area (Å²) >= 11 is 0. The molecule has 1 atom stereocenters. The lowest BCUT2D eigenvalue weighted by atomic mass is 9.95. The molecule has 1 rings (SSSR count). The molecule has 0 spiro atoms. The minimum atomic E-state index is -4.51. The predicted molar refractivity (Wildman–Crippen MR) is 54.1 cm³/mol. The van der Waals surface area contributed by atoms with E-state index in [1.807, 2.05) is 0 Å². The molecule has 4 nitrogen and oxygen atoms in total. The Labute approximate surface area is 97.1 Å². The number of hydrogen-bond acceptors (Lipinski definition) is 2. The topological polar surface area (TPSA) is 49.4 Å². The van der Waals surface area contributed by atoms with E-state index >= 15 is 0 Å².